The number of benzene rings is 1. The van der Waals surface area contributed by atoms with Gasteiger partial charge in [0.05, 0.1) is 0 Å². The number of hydrogen-bond donors (Lipinski definition) is 2. The zero-order chi connectivity index (χ0) is 18.2. The van der Waals surface area contributed by atoms with Gasteiger partial charge in [0.25, 0.3) is 0 Å². The molecular weight excluding hydrogens is 312 g/mol. The normalized spacial score (nSPS) is 10.3. The summed E-state index contributed by atoms with van der Waals surface area (Å²) in [7, 11) is 0. The third kappa shape index (κ3) is 4.59. The first-order valence-corrected chi connectivity index (χ1v) is 8.69. The van der Waals surface area contributed by atoms with Crippen LogP contribution in [0.25, 0.3) is 11.0 Å². The van der Waals surface area contributed by atoms with Crippen molar-refractivity contribution in [1.82, 2.24) is 14.9 Å². The molecule has 3 aromatic rings. The van der Waals surface area contributed by atoms with E-state index in [4.69, 9.17) is 0 Å². The molecule has 0 fully saturated rings. The molecule has 0 atom stereocenters. The largest absolute Gasteiger partial charge is 0.346 e. The molecule has 3 rings (SSSR count). The molecule has 5 heteroatoms. The Morgan fingerprint density at radius 2 is 1.88 bits per heavy atom. The van der Waals surface area contributed by atoms with Crippen LogP contribution in [0.15, 0.2) is 54.9 Å². The Labute approximate surface area is 149 Å². The van der Waals surface area contributed by atoms with E-state index in [1.165, 1.54) is 0 Å². The van der Waals surface area contributed by atoms with Gasteiger partial charge in [-0.2, -0.15) is 0 Å². The second-order valence-electron chi connectivity index (χ2n) is 5.73. The number of amides is 2. The second-order valence-corrected chi connectivity index (χ2v) is 5.73. The predicted octanol–water partition coefficient (Wildman–Crippen LogP) is 5.03. The lowest BCUT2D eigenvalue weighted by molar-refractivity contribution is 0.194. The number of rotatable bonds is 4. The third-order valence-electron chi connectivity index (χ3n) is 3.79. The standard InChI is InChI=1S/C18H20N4O.C2H6/c1-13(2)22(18(23)21-15-7-4-3-5-8-15)12-14-11-20-17-16(14)9-6-10-19-17;1-2/h3-11,13H,12H2,1-2H3,(H,19,20)(H,21,23);1-2H3. The van der Waals surface area contributed by atoms with Crippen molar-refractivity contribution in [3.63, 3.8) is 0 Å². The van der Waals surface area contributed by atoms with Gasteiger partial charge in [-0.05, 0) is 43.7 Å². The Bertz CT molecular complexity index is 796. The monoisotopic (exact) mass is 338 g/mol. The van der Waals surface area contributed by atoms with Crippen molar-refractivity contribution in [3.8, 4) is 0 Å². The molecule has 2 amide bonds. The number of H-pyrrole nitrogens is 1. The van der Waals surface area contributed by atoms with Gasteiger partial charge in [-0.15, -0.1) is 0 Å². The minimum atomic E-state index is -0.107. The second kappa shape index (κ2) is 8.87. The number of para-hydroxylation sites is 1. The van der Waals surface area contributed by atoms with Crippen LogP contribution in [0, 0.1) is 0 Å². The molecule has 0 saturated carbocycles. The van der Waals surface area contributed by atoms with E-state index in [1.807, 2.05) is 81.3 Å². The molecule has 0 unspecified atom stereocenters. The molecule has 1 aromatic carbocycles. The molecule has 0 aliphatic rings. The van der Waals surface area contributed by atoms with Crippen molar-refractivity contribution in [1.29, 1.82) is 0 Å². The molecule has 0 spiro atoms. The van der Waals surface area contributed by atoms with Crippen LogP contribution in [0.1, 0.15) is 33.3 Å². The van der Waals surface area contributed by atoms with Crippen molar-refractivity contribution < 1.29 is 4.79 Å². The van der Waals surface area contributed by atoms with Crippen LogP contribution < -0.4 is 5.32 Å². The highest BCUT2D eigenvalue weighted by molar-refractivity contribution is 5.90. The van der Waals surface area contributed by atoms with Crippen LogP contribution in [0.4, 0.5) is 10.5 Å². The van der Waals surface area contributed by atoms with Gasteiger partial charge >= 0.3 is 6.03 Å². The van der Waals surface area contributed by atoms with Crippen LogP contribution in [0.3, 0.4) is 0 Å². The minimum absolute atomic E-state index is 0.0836. The summed E-state index contributed by atoms with van der Waals surface area (Å²) >= 11 is 0. The van der Waals surface area contributed by atoms with E-state index in [2.05, 4.69) is 15.3 Å². The minimum Gasteiger partial charge on any atom is -0.346 e. The average molecular weight is 338 g/mol. The van der Waals surface area contributed by atoms with Gasteiger partial charge in [0.1, 0.15) is 5.65 Å². The summed E-state index contributed by atoms with van der Waals surface area (Å²) < 4.78 is 0. The number of hydrogen-bond acceptors (Lipinski definition) is 2. The fourth-order valence-corrected chi connectivity index (χ4v) is 2.53. The molecule has 2 aromatic heterocycles. The van der Waals surface area contributed by atoms with Gasteiger partial charge in [-0.1, -0.05) is 32.0 Å². The molecule has 2 N–H and O–H groups in total. The van der Waals surface area contributed by atoms with E-state index in [0.717, 1.165) is 22.3 Å². The summed E-state index contributed by atoms with van der Waals surface area (Å²) in [6, 6.07) is 13.4. The Kier molecular flexibility index (Phi) is 6.57. The molecule has 2 heterocycles. The Morgan fingerprint density at radius 3 is 2.56 bits per heavy atom. The zero-order valence-electron chi connectivity index (χ0n) is 15.3. The maximum absolute atomic E-state index is 12.6. The van der Waals surface area contributed by atoms with Crippen molar-refractivity contribution >= 4 is 22.8 Å². The van der Waals surface area contributed by atoms with E-state index < -0.39 is 0 Å². The first-order chi connectivity index (χ1) is 12.1. The third-order valence-corrected chi connectivity index (χ3v) is 3.79. The van der Waals surface area contributed by atoms with Crippen molar-refractivity contribution in [2.24, 2.45) is 0 Å². The summed E-state index contributed by atoms with van der Waals surface area (Å²) in [6.45, 7) is 8.55. The quantitative estimate of drug-likeness (QED) is 0.701. The molecule has 0 aliphatic heterocycles. The maximum Gasteiger partial charge on any atom is 0.322 e. The number of aromatic nitrogens is 2. The van der Waals surface area contributed by atoms with Gasteiger partial charge in [-0.3, -0.25) is 0 Å². The van der Waals surface area contributed by atoms with Crippen molar-refractivity contribution in [2.75, 3.05) is 5.32 Å². The highest BCUT2D eigenvalue weighted by Gasteiger charge is 2.19. The smallest absolute Gasteiger partial charge is 0.322 e. The number of aromatic amines is 1. The van der Waals surface area contributed by atoms with Gasteiger partial charge in [0.15, 0.2) is 0 Å². The molecule has 5 nitrogen and oxygen atoms in total. The maximum atomic E-state index is 12.6. The van der Waals surface area contributed by atoms with Crippen LogP contribution in [0.2, 0.25) is 0 Å². The summed E-state index contributed by atoms with van der Waals surface area (Å²) in [5.41, 5.74) is 2.70. The lowest BCUT2D eigenvalue weighted by Gasteiger charge is -2.27. The fraction of sp³-hybridized carbons (Fsp3) is 0.300. The van der Waals surface area contributed by atoms with Gasteiger partial charge in [0.2, 0.25) is 0 Å². The topological polar surface area (TPSA) is 61.0 Å². The SMILES string of the molecule is CC.CC(C)N(Cc1c[nH]c2ncccc12)C(=O)Nc1ccccc1. The van der Waals surface area contributed by atoms with Gasteiger partial charge in [0, 0.05) is 36.1 Å². The number of nitrogens with one attached hydrogen (secondary N) is 2. The summed E-state index contributed by atoms with van der Waals surface area (Å²) in [5, 5.41) is 3.99. The number of carbonyl (C=O) groups is 1. The summed E-state index contributed by atoms with van der Waals surface area (Å²) in [6.07, 6.45) is 3.67. The summed E-state index contributed by atoms with van der Waals surface area (Å²) in [5.74, 6) is 0. The van der Waals surface area contributed by atoms with E-state index in [-0.39, 0.29) is 12.1 Å². The lowest BCUT2D eigenvalue weighted by Crippen LogP contribution is -2.39. The Balaban J connectivity index is 0.00000109. The Morgan fingerprint density at radius 1 is 1.16 bits per heavy atom. The van der Waals surface area contributed by atoms with Crippen LogP contribution in [-0.4, -0.2) is 26.9 Å². The number of pyridine rings is 1. The number of nitrogens with zero attached hydrogens (tertiary/aromatic N) is 2. The van der Waals surface area contributed by atoms with Crippen molar-refractivity contribution in [3.05, 3.63) is 60.4 Å². The van der Waals surface area contributed by atoms with Crippen LogP contribution in [-0.2, 0) is 6.54 Å². The molecular formula is C20H26N4O. The van der Waals surface area contributed by atoms with Gasteiger partial charge in [-0.25, -0.2) is 9.78 Å². The summed E-state index contributed by atoms with van der Waals surface area (Å²) in [4.78, 5) is 21.9. The predicted molar refractivity (Wildman–Crippen MR) is 104 cm³/mol. The van der Waals surface area contributed by atoms with E-state index in [1.54, 1.807) is 6.20 Å². The molecule has 0 radical (unpaired) electrons. The fourth-order valence-electron chi connectivity index (χ4n) is 2.53. The van der Waals surface area contributed by atoms with Gasteiger partial charge < -0.3 is 15.2 Å². The number of anilines is 1. The molecule has 0 bridgehead atoms. The lowest BCUT2D eigenvalue weighted by atomic mass is 10.2. The van der Waals surface area contributed by atoms with E-state index in [9.17, 15) is 4.79 Å². The van der Waals surface area contributed by atoms with Crippen molar-refractivity contribution in [2.45, 2.75) is 40.3 Å². The number of carbonyl (C=O) groups excluding carboxylic acids is 1. The van der Waals surface area contributed by atoms with Crippen LogP contribution in [0.5, 0.6) is 0 Å². The molecule has 132 valence electrons. The van der Waals surface area contributed by atoms with Crippen LogP contribution >= 0.6 is 0 Å². The first kappa shape index (κ1) is 18.5. The average Bonchev–Trinajstić information content (AvgIpc) is 3.05. The highest BCUT2D eigenvalue weighted by atomic mass is 16.2. The molecule has 0 saturated heterocycles. The van der Waals surface area contributed by atoms with E-state index >= 15 is 0 Å². The highest BCUT2D eigenvalue weighted by Crippen LogP contribution is 2.19. The number of fused-ring (bicyclic) bond motifs is 1. The zero-order valence-corrected chi connectivity index (χ0v) is 15.3. The molecule has 25 heavy (non-hydrogen) atoms. The van der Waals surface area contributed by atoms with E-state index in [0.29, 0.717) is 6.54 Å². The first-order valence-electron chi connectivity index (χ1n) is 8.69. The number of urea groups is 1. The molecule has 0 aliphatic carbocycles. The Hall–Kier alpha value is -2.82.